The fourth-order valence-electron chi connectivity index (χ4n) is 2.36. The molecular weight excluding hydrogens is 216 g/mol. The van der Waals surface area contributed by atoms with E-state index >= 15 is 0 Å². The summed E-state index contributed by atoms with van der Waals surface area (Å²) in [4.78, 5) is 16.5. The normalized spacial score (nSPS) is 25.3. The van der Waals surface area contributed by atoms with Crippen LogP contribution in [0, 0.1) is 0 Å². The molecule has 2 aliphatic rings. The molecule has 0 radical (unpaired) electrons. The van der Waals surface area contributed by atoms with Crippen LogP contribution in [0.25, 0.3) is 0 Å². The van der Waals surface area contributed by atoms with E-state index in [2.05, 4.69) is 22.2 Å². The minimum absolute atomic E-state index is 0.0397. The summed E-state index contributed by atoms with van der Waals surface area (Å²) in [6.45, 7) is 6.10. The molecule has 2 fully saturated rings. The number of rotatable bonds is 4. The lowest BCUT2D eigenvalue weighted by Crippen LogP contribution is -2.59. The van der Waals surface area contributed by atoms with Gasteiger partial charge in [0, 0.05) is 39.3 Å². The highest BCUT2D eigenvalue weighted by atomic mass is 16.2. The highest BCUT2D eigenvalue weighted by Gasteiger charge is 2.39. The highest BCUT2D eigenvalue weighted by Crippen LogP contribution is 2.28. The van der Waals surface area contributed by atoms with Gasteiger partial charge in [0.1, 0.15) is 0 Å². The lowest BCUT2D eigenvalue weighted by molar-refractivity contribution is -0.129. The van der Waals surface area contributed by atoms with Crippen LogP contribution in [0.3, 0.4) is 0 Å². The zero-order chi connectivity index (χ0) is 12.3. The highest BCUT2D eigenvalue weighted by molar-refractivity contribution is 5.86. The van der Waals surface area contributed by atoms with Gasteiger partial charge in [0.15, 0.2) is 0 Å². The largest absolute Gasteiger partial charge is 0.353 e. The molecule has 1 heterocycles. The molecule has 3 N–H and O–H groups in total. The zero-order valence-corrected chi connectivity index (χ0v) is 10.7. The van der Waals surface area contributed by atoms with Crippen molar-refractivity contribution in [2.75, 3.05) is 46.3 Å². The molecule has 0 aromatic carbocycles. The minimum Gasteiger partial charge on any atom is -0.353 e. The van der Waals surface area contributed by atoms with E-state index in [-0.39, 0.29) is 5.91 Å². The predicted molar refractivity (Wildman–Crippen MR) is 67.7 cm³/mol. The molecular formula is C12H24N4O. The third kappa shape index (κ3) is 3.18. The second kappa shape index (κ2) is 5.33. The zero-order valence-electron chi connectivity index (χ0n) is 10.7. The first-order valence-corrected chi connectivity index (χ1v) is 6.58. The van der Waals surface area contributed by atoms with E-state index in [9.17, 15) is 4.79 Å². The number of carbonyl (C=O) groups is 1. The van der Waals surface area contributed by atoms with Crippen molar-refractivity contribution in [3.63, 3.8) is 0 Å². The van der Waals surface area contributed by atoms with Crippen LogP contribution < -0.4 is 11.1 Å². The van der Waals surface area contributed by atoms with Crippen LogP contribution in [0.4, 0.5) is 0 Å². The van der Waals surface area contributed by atoms with Gasteiger partial charge >= 0.3 is 0 Å². The Morgan fingerprint density at radius 1 is 1.29 bits per heavy atom. The predicted octanol–water partition coefficient (Wildman–Crippen LogP) is -0.769. The molecule has 1 saturated heterocycles. The van der Waals surface area contributed by atoms with Gasteiger partial charge in [-0.15, -0.1) is 0 Å². The van der Waals surface area contributed by atoms with Crippen LogP contribution in [0.1, 0.15) is 19.3 Å². The van der Waals surface area contributed by atoms with Crippen LogP contribution in [-0.2, 0) is 4.79 Å². The van der Waals surface area contributed by atoms with E-state index in [1.54, 1.807) is 0 Å². The summed E-state index contributed by atoms with van der Waals surface area (Å²) in [5, 5.41) is 2.96. The van der Waals surface area contributed by atoms with Crippen molar-refractivity contribution in [3.05, 3.63) is 0 Å². The third-order valence-corrected chi connectivity index (χ3v) is 4.01. The van der Waals surface area contributed by atoms with Crippen LogP contribution in [0.2, 0.25) is 0 Å². The van der Waals surface area contributed by atoms with Crippen LogP contribution >= 0.6 is 0 Å². The smallest absolute Gasteiger partial charge is 0.240 e. The Kier molecular flexibility index (Phi) is 4.01. The van der Waals surface area contributed by atoms with Crippen molar-refractivity contribution in [1.29, 1.82) is 0 Å². The molecule has 1 saturated carbocycles. The van der Waals surface area contributed by atoms with Crippen molar-refractivity contribution in [1.82, 2.24) is 15.1 Å². The van der Waals surface area contributed by atoms with Gasteiger partial charge in [0.2, 0.25) is 5.91 Å². The van der Waals surface area contributed by atoms with Crippen molar-refractivity contribution >= 4 is 5.91 Å². The molecule has 5 nitrogen and oxygen atoms in total. The summed E-state index contributed by atoms with van der Waals surface area (Å²) < 4.78 is 0. The Labute approximate surface area is 103 Å². The number of hydrogen-bond donors (Lipinski definition) is 2. The average Bonchev–Trinajstić information content (AvgIpc) is 2.28. The first-order chi connectivity index (χ1) is 8.10. The fraction of sp³-hybridized carbons (Fsp3) is 0.917. The Bertz CT molecular complexity index is 270. The number of nitrogens with zero attached hydrogens (tertiary/aromatic N) is 2. The third-order valence-electron chi connectivity index (χ3n) is 4.01. The quantitative estimate of drug-likeness (QED) is 0.677. The molecule has 2 rings (SSSR count). The van der Waals surface area contributed by atoms with Gasteiger partial charge in [-0.25, -0.2) is 0 Å². The average molecular weight is 240 g/mol. The van der Waals surface area contributed by atoms with E-state index in [4.69, 9.17) is 5.73 Å². The van der Waals surface area contributed by atoms with Gasteiger partial charge < -0.3 is 16.0 Å². The molecule has 5 heteroatoms. The SMILES string of the molecule is CN1CCN(CCNC(=O)C2(N)CCC2)CC1. The molecule has 0 unspecified atom stereocenters. The van der Waals surface area contributed by atoms with Crippen molar-refractivity contribution in [3.8, 4) is 0 Å². The van der Waals surface area contributed by atoms with Gasteiger partial charge in [0.05, 0.1) is 5.54 Å². The summed E-state index contributed by atoms with van der Waals surface area (Å²) in [5.41, 5.74) is 5.40. The molecule has 1 amide bonds. The van der Waals surface area contributed by atoms with E-state index < -0.39 is 5.54 Å². The number of amides is 1. The van der Waals surface area contributed by atoms with Gasteiger partial charge in [-0.05, 0) is 26.3 Å². The molecule has 0 spiro atoms. The second-order valence-electron chi connectivity index (χ2n) is 5.41. The summed E-state index contributed by atoms with van der Waals surface area (Å²) in [6, 6.07) is 0. The fourth-order valence-corrected chi connectivity index (χ4v) is 2.36. The van der Waals surface area contributed by atoms with E-state index in [1.807, 2.05) is 0 Å². The lowest BCUT2D eigenvalue weighted by Gasteiger charge is -2.37. The van der Waals surface area contributed by atoms with Crippen LogP contribution in [0.15, 0.2) is 0 Å². The maximum absolute atomic E-state index is 11.8. The molecule has 1 aliphatic heterocycles. The monoisotopic (exact) mass is 240 g/mol. The van der Waals surface area contributed by atoms with Crippen molar-refractivity contribution in [2.45, 2.75) is 24.8 Å². The maximum Gasteiger partial charge on any atom is 0.240 e. The Morgan fingerprint density at radius 3 is 2.47 bits per heavy atom. The summed E-state index contributed by atoms with van der Waals surface area (Å²) in [7, 11) is 2.15. The number of nitrogens with one attached hydrogen (secondary N) is 1. The molecule has 0 atom stereocenters. The number of hydrogen-bond acceptors (Lipinski definition) is 4. The molecule has 1 aliphatic carbocycles. The van der Waals surface area contributed by atoms with Crippen LogP contribution in [0.5, 0.6) is 0 Å². The summed E-state index contributed by atoms with van der Waals surface area (Å²) in [5.74, 6) is 0.0397. The molecule has 98 valence electrons. The van der Waals surface area contributed by atoms with Gasteiger partial charge in [-0.2, -0.15) is 0 Å². The Hall–Kier alpha value is -0.650. The van der Waals surface area contributed by atoms with Crippen molar-refractivity contribution in [2.24, 2.45) is 5.73 Å². The van der Waals surface area contributed by atoms with Gasteiger partial charge in [0.25, 0.3) is 0 Å². The van der Waals surface area contributed by atoms with Gasteiger partial charge in [-0.1, -0.05) is 0 Å². The number of likely N-dealkylation sites (N-methyl/N-ethyl adjacent to an activating group) is 1. The van der Waals surface area contributed by atoms with Gasteiger partial charge in [-0.3, -0.25) is 9.69 Å². The lowest BCUT2D eigenvalue weighted by atomic mass is 9.77. The summed E-state index contributed by atoms with van der Waals surface area (Å²) >= 11 is 0. The minimum atomic E-state index is -0.553. The first-order valence-electron chi connectivity index (χ1n) is 6.58. The molecule has 17 heavy (non-hydrogen) atoms. The Morgan fingerprint density at radius 2 is 1.94 bits per heavy atom. The number of carbonyl (C=O) groups excluding carboxylic acids is 1. The molecule has 0 bridgehead atoms. The van der Waals surface area contributed by atoms with E-state index in [1.165, 1.54) is 0 Å². The van der Waals surface area contributed by atoms with Crippen molar-refractivity contribution < 1.29 is 4.79 Å². The molecule has 0 aromatic heterocycles. The Balaban J connectivity index is 1.61. The maximum atomic E-state index is 11.8. The number of nitrogens with two attached hydrogens (primary N) is 1. The summed E-state index contributed by atoms with van der Waals surface area (Å²) in [6.07, 6.45) is 2.77. The van der Waals surface area contributed by atoms with E-state index in [0.717, 1.165) is 58.5 Å². The van der Waals surface area contributed by atoms with Crippen LogP contribution in [-0.4, -0.2) is 67.6 Å². The van der Waals surface area contributed by atoms with E-state index in [0.29, 0.717) is 0 Å². The number of piperazine rings is 1. The first kappa shape index (κ1) is 12.8. The second-order valence-corrected chi connectivity index (χ2v) is 5.41. The standard InChI is InChI=1S/C12H24N4O/c1-15-7-9-16(10-8-15)6-5-14-11(17)12(13)3-2-4-12/h2-10,13H2,1H3,(H,14,17). The molecule has 0 aromatic rings. The topological polar surface area (TPSA) is 61.6 Å².